The highest BCUT2D eigenvalue weighted by Gasteiger charge is 2.46. The van der Waals surface area contributed by atoms with E-state index in [9.17, 15) is 0 Å². The molecule has 0 fully saturated rings. The lowest BCUT2D eigenvalue weighted by molar-refractivity contribution is 0.903. The van der Waals surface area contributed by atoms with E-state index in [2.05, 4.69) is 127 Å². The Morgan fingerprint density at radius 1 is 0.556 bits per heavy atom. The number of benzene rings is 7. The topological polar surface area (TPSA) is 3.24 Å². The molecule has 1 aliphatic carbocycles. The number of rotatable bonds is 0. The Bertz CT molecular complexity index is 2540. The van der Waals surface area contributed by atoms with Crippen LogP contribution in [0, 0.1) is 0 Å². The van der Waals surface area contributed by atoms with E-state index in [0.717, 1.165) is 12.8 Å². The van der Waals surface area contributed by atoms with Gasteiger partial charge in [0, 0.05) is 18.4 Å². The zero-order chi connectivity index (χ0) is 29.1. The smallest absolute Gasteiger partial charge is 0.248 e. The molecular weight excluding hydrogens is 540 g/mol. The molecule has 3 heteroatoms. The molecule has 0 aromatic heterocycles. The maximum Gasteiger partial charge on any atom is 0.248 e. The molecule has 12 rings (SSSR count). The van der Waals surface area contributed by atoms with Gasteiger partial charge in [0.25, 0.3) is 0 Å². The molecule has 4 aliphatic heterocycles. The SMILES string of the molecule is CN1c2ccccc2B2c3c(cccc31)-c1ccc3c4c1c2cc1ccc2c(c14)C(C3)B1c3ccccc3Cc3cccc-2c31. The number of anilines is 2. The maximum atomic E-state index is 2.58. The first-order chi connectivity index (χ1) is 22.3. The molecule has 0 radical (unpaired) electrons. The van der Waals surface area contributed by atoms with Gasteiger partial charge in [0.15, 0.2) is 0 Å². The largest absolute Gasteiger partial charge is 0.345 e. The summed E-state index contributed by atoms with van der Waals surface area (Å²) in [4.78, 5) is 2.40. The van der Waals surface area contributed by atoms with E-state index in [1.807, 2.05) is 0 Å². The van der Waals surface area contributed by atoms with Crippen molar-refractivity contribution in [2.75, 3.05) is 11.9 Å². The summed E-state index contributed by atoms with van der Waals surface area (Å²) in [6.07, 6.45) is 2.13. The lowest BCUT2D eigenvalue weighted by Gasteiger charge is -2.43. The summed E-state index contributed by atoms with van der Waals surface area (Å²) in [5.41, 5.74) is 22.0. The van der Waals surface area contributed by atoms with Gasteiger partial charge in [-0.1, -0.05) is 120 Å². The molecule has 1 atom stereocenters. The molecule has 1 unspecified atom stereocenters. The second kappa shape index (κ2) is 7.79. The fraction of sp³-hybridized carbons (Fsp3) is 0.0952. The standard InChI is InChI=1S/C42H27B2N/c1-45-35-14-5-4-13-32(35)44-34-22-25-16-18-27-29-10-6-9-26-20-23-8-2-3-12-31(23)43(41(26)29)33-21-24-17-19-28(30-11-7-15-36(45)42(30)44)40(34)38(24)37(25)39(27)33/h2-19,22,33H,20-21H2,1H3. The van der Waals surface area contributed by atoms with Crippen LogP contribution in [0.1, 0.15) is 28.1 Å². The van der Waals surface area contributed by atoms with Gasteiger partial charge in [0.1, 0.15) is 0 Å². The Kier molecular flexibility index (Phi) is 4.05. The van der Waals surface area contributed by atoms with Crippen LogP contribution in [-0.4, -0.2) is 20.5 Å². The zero-order valence-electron chi connectivity index (χ0n) is 25.1. The minimum Gasteiger partial charge on any atom is -0.345 e. The van der Waals surface area contributed by atoms with Crippen LogP contribution in [0.15, 0.2) is 115 Å². The monoisotopic (exact) mass is 567 g/mol. The van der Waals surface area contributed by atoms with Crippen molar-refractivity contribution in [2.45, 2.75) is 18.7 Å². The van der Waals surface area contributed by atoms with Crippen molar-refractivity contribution in [1.82, 2.24) is 0 Å². The summed E-state index contributed by atoms with van der Waals surface area (Å²) in [5.74, 6) is 0.442. The highest BCUT2D eigenvalue weighted by molar-refractivity contribution is 7.01. The molecule has 7 aromatic carbocycles. The van der Waals surface area contributed by atoms with Gasteiger partial charge in [-0.3, -0.25) is 0 Å². The van der Waals surface area contributed by atoms with Crippen molar-refractivity contribution < 1.29 is 0 Å². The quantitative estimate of drug-likeness (QED) is 0.162. The summed E-state index contributed by atoms with van der Waals surface area (Å²) in [6.45, 7) is 0.636. The zero-order valence-corrected chi connectivity index (χ0v) is 25.1. The average Bonchev–Trinajstić information content (AvgIpc) is 3.09. The third-order valence-electron chi connectivity index (χ3n) is 12.1. The molecule has 0 spiro atoms. The number of fused-ring (bicyclic) bond motifs is 8. The van der Waals surface area contributed by atoms with Crippen molar-refractivity contribution in [3.8, 4) is 22.3 Å². The van der Waals surface area contributed by atoms with E-state index < -0.39 is 0 Å². The van der Waals surface area contributed by atoms with Crippen molar-refractivity contribution >= 4 is 73.7 Å². The van der Waals surface area contributed by atoms with Gasteiger partial charge in [0.2, 0.25) is 13.4 Å². The predicted octanol–water partition coefficient (Wildman–Crippen LogP) is 5.94. The summed E-state index contributed by atoms with van der Waals surface area (Å²) >= 11 is 0. The summed E-state index contributed by atoms with van der Waals surface area (Å²) in [5, 5.41) is 5.92. The Labute approximate surface area is 263 Å². The van der Waals surface area contributed by atoms with Crippen LogP contribution in [0.3, 0.4) is 0 Å². The molecular formula is C42H27B2N. The molecule has 206 valence electrons. The van der Waals surface area contributed by atoms with Crippen LogP contribution >= 0.6 is 0 Å². The van der Waals surface area contributed by atoms with Gasteiger partial charge in [-0.15, -0.1) is 0 Å². The van der Waals surface area contributed by atoms with E-state index in [1.54, 1.807) is 16.5 Å². The molecule has 7 aromatic rings. The first-order valence-electron chi connectivity index (χ1n) is 16.5. The Hall–Kier alpha value is -5.01. The van der Waals surface area contributed by atoms with Crippen LogP contribution in [0.2, 0.25) is 0 Å². The maximum absolute atomic E-state index is 2.58. The molecule has 0 saturated carbocycles. The summed E-state index contributed by atoms with van der Waals surface area (Å²) < 4.78 is 0. The molecule has 0 amide bonds. The van der Waals surface area contributed by atoms with E-state index in [4.69, 9.17) is 0 Å². The second-order valence-corrected chi connectivity index (χ2v) is 13.9. The third kappa shape index (κ3) is 2.61. The van der Waals surface area contributed by atoms with E-state index in [0.29, 0.717) is 12.5 Å². The van der Waals surface area contributed by atoms with Crippen LogP contribution in [0.5, 0.6) is 0 Å². The second-order valence-electron chi connectivity index (χ2n) is 13.9. The van der Waals surface area contributed by atoms with Gasteiger partial charge in [-0.05, 0) is 108 Å². The average molecular weight is 567 g/mol. The molecule has 5 aliphatic rings. The van der Waals surface area contributed by atoms with Crippen molar-refractivity contribution in [3.63, 3.8) is 0 Å². The number of nitrogens with zero attached hydrogens (tertiary/aromatic N) is 1. The van der Waals surface area contributed by atoms with Gasteiger partial charge in [-0.25, -0.2) is 0 Å². The fourth-order valence-electron chi connectivity index (χ4n) is 10.5. The van der Waals surface area contributed by atoms with Crippen LogP contribution in [-0.2, 0) is 12.8 Å². The first kappa shape index (κ1) is 23.4. The van der Waals surface area contributed by atoms with Crippen LogP contribution < -0.4 is 32.2 Å². The molecule has 45 heavy (non-hydrogen) atoms. The number of hydrogen-bond acceptors (Lipinski definition) is 1. The van der Waals surface area contributed by atoms with Crippen molar-refractivity contribution in [1.29, 1.82) is 0 Å². The first-order valence-corrected chi connectivity index (χ1v) is 16.5. The van der Waals surface area contributed by atoms with Crippen LogP contribution in [0.25, 0.3) is 43.8 Å². The normalized spacial score (nSPS) is 16.9. The minimum atomic E-state index is 0.234. The highest BCUT2D eigenvalue weighted by atomic mass is 15.1. The summed E-state index contributed by atoms with van der Waals surface area (Å²) in [6, 6.07) is 44.9. The van der Waals surface area contributed by atoms with E-state index >= 15 is 0 Å². The Morgan fingerprint density at radius 3 is 2.24 bits per heavy atom. The van der Waals surface area contributed by atoms with Crippen molar-refractivity contribution in [2.24, 2.45) is 0 Å². The Balaban J connectivity index is 1.24. The number of para-hydroxylation sites is 1. The Morgan fingerprint density at radius 2 is 1.31 bits per heavy atom. The molecule has 0 bridgehead atoms. The van der Waals surface area contributed by atoms with Gasteiger partial charge in [-0.2, -0.15) is 0 Å². The summed E-state index contributed by atoms with van der Waals surface area (Å²) in [7, 11) is 2.23. The lowest BCUT2D eigenvalue weighted by Crippen LogP contribution is -2.59. The minimum absolute atomic E-state index is 0.234. The third-order valence-corrected chi connectivity index (χ3v) is 12.1. The van der Waals surface area contributed by atoms with E-state index in [1.165, 1.54) is 88.3 Å². The predicted molar refractivity (Wildman–Crippen MR) is 192 cm³/mol. The fourth-order valence-corrected chi connectivity index (χ4v) is 10.5. The molecule has 0 N–H and O–H groups in total. The molecule has 0 saturated heterocycles. The molecule has 4 heterocycles. The molecule has 1 nitrogen and oxygen atoms in total. The van der Waals surface area contributed by atoms with Gasteiger partial charge < -0.3 is 4.90 Å². The van der Waals surface area contributed by atoms with E-state index in [-0.39, 0.29) is 6.71 Å². The van der Waals surface area contributed by atoms with Crippen molar-refractivity contribution in [3.05, 3.63) is 138 Å². The van der Waals surface area contributed by atoms with Gasteiger partial charge >= 0.3 is 0 Å². The van der Waals surface area contributed by atoms with Gasteiger partial charge in [0.05, 0.1) is 0 Å². The lowest BCUT2D eigenvalue weighted by atomic mass is 9.26. The highest BCUT2D eigenvalue weighted by Crippen LogP contribution is 2.51. The number of hydrogen-bond donors (Lipinski definition) is 0. The van der Waals surface area contributed by atoms with Crippen LogP contribution in [0.4, 0.5) is 11.4 Å².